The third-order valence-corrected chi connectivity index (χ3v) is 5.48. The Kier molecular flexibility index (Phi) is 4.17. The normalized spacial score (nSPS) is 20.2. The number of benzene rings is 3. The summed E-state index contributed by atoms with van der Waals surface area (Å²) in [7, 11) is 3.08. The molecule has 150 valence electrons. The summed E-state index contributed by atoms with van der Waals surface area (Å²) >= 11 is 0. The number of fused-ring (bicyclic) bond motifs is 2. The standard InChI is InChI=1S/C23H18N2O5/c1-28-17-10-8-15(12-18(17)29-2)20-19-21(30-24-20)23(27)25(22(19)26)16-9-7-13-5-3-4-6-14(13)11-16/h3-12,19,21H,1-2H3/t19-,21-/m1/s1. The molecule has 5 rings (SSSR count). The monoisotopic (exact) mass is 402 g/mol. The van der Waals surface area contributed by atoms with Crippen molar-refractivity contribution in [2.24, 2.45) is 11.1 Å². The van der Waals surface area contributed by atoms with E-state index in [-0.39, 0.29) is 5.91 Å². The van der Waals surface area contributed by atoms with Crippen LogP contribution in [0.4, 0.5) is 5.69 Å². The van der Waals surface area contributed by atoms with Crippen LogP contribution in [0.15, 0.2) is 65.8 Å². The molecule has 0 saturated carbocycles. The summed E-state index contributed by atoms with van der Waals surface area (Å²) in [4.78, 5) is 32.9. The number of rotatable bonds is 4. The Balaban J connectivity index is 1.51. The number of hydrogen-bond donors (Lipinski definition) is 0. The van der Waals surface area contributed by atoms with Crippen molar-refractivity contribution in [1.29, 1.82) is 0 Å². The third kappa shape index (κ3) is 2.62. The van der Waals surface area contributed by atoms with Crippen molar-refractivity contribution in [2.45, 2.75) is 6.10 Å². The fourth-order valence-corrected chi connectivity index (χ4v) is 3.98. The first-order valence-corrected chi connectivity index (χ1v) is 9.45. The number of amides is 2. The largest absolute Gasteiger partial charge is 0.493 e. The molecule has 3 aromatic carbocycles. The summed E-state index contributed by atoms with van der Waals surface area (Å²) in [6.45, 7) is 0. The summed E-state index contributed by atoms with van der Waals surface area (Å²) in [5.74, 6) is -0.513. The van der Waals surface area contributed by atoms with Crippen LogP contribution in [0, 0.1) is 5.92 Å². The molecule has 2 aliphatic rings. The molecule has 0 radical (unpaired) electrons. The maximum Gasteiger partial charge on any atom is 0.278 e. The summed E-state index contributed by atoms with van der Waals surface area (Å²) in [5, 5.41) is 6.03. The average molecular weight is 402 g/mol. The third-order valence-electron chi connectivity index (χ3n) is 5.48. The van der Waals surface area contributed by atoms with Gasteiger partial charge in [0.25, 0.3) is 5.91 Å². The molecule has 0 bridgehead atoms. The van der Waals surface area contributed by atoms with Gasteiger partial charge >= 0.3 is 0 Å². The molecule has 2 amide bonds. The molecule has 0 aromatic heterocycles. The van der Waals surface area contributed by atoms with Crippen molar-refractivity contribution in [1.82, 2.24) is 0 Å². The Morgan fingerprint density at radius 3 is 2.40 bits per heavy atom. The van der Waals surface area contributed by atoms with E-state index < -0.39 is 17.9 Å². The van der Waals surface area contributed by atoms with E-state index in [1.54, 1.807) is 31.4 Å². The number of methoxy groups -OCH3 is 2. The zero-order valence-corrected chi connectivity index (χ0v) is 16.4. The minimum absolute atomic E-state index is 0.355. The number of nitrogens with zero attached hydrogens (tertiary/aromatic N) is 2. The highest BCUT2D eigenvalue weighted by Crippen LogP contribution is 2.37. The van der Waals surface area contributed by atoms with Gasteiger partial charge in [-0.1, -0.05) is 35.5 Å². The van der Waals surface area contributed by atoms with E-state index in [2.05, 4.69) is 5.16 Å². The van der Waals surface area contributed by atoms with Crippen molar-refractivity contribution in [3.63, 3.8) is 0 Å². The van der Waals surface area contributed by atoms with Crippen LogP contribution in [-0.2, 0) is 14.4 Å². The fraction of sp³-hybridized carbons (Fsp3) is 0.174. The van der Waals surface area contributed by atoms with Gasteiger partial charge in [-0.15, -0.1) is 0 Å². The van der Waals surface area contributed by atoms with E-state index in [1.165, 1.54) is 12.0 Å². The second kappa shape index (κ2) is 6.88. The molecule has 7 heteroatoms. The highest BCUT2D eigenvalue weighted by Gasteiger charge is 2.56. The van der Waals surface area contributed by atoms with E-state index >= 15 is 0 Å². The first-order valence-electron chi connectivity index (χ1n) is 9.45. The molecule has 0 aliphatic carbocycles. The van der Waals surface area contributed by atoms with Gasteiger partial charge in [0.1, 0.15) is 11.6 Å². The molecule has 0 spiro atoms. The lowest BCUT2D eigenvalue weighted by atomic mass is 9.94. The molecule has 2 aliphatic heterocycles. The van der Waals surface area contributed by atoms with Gasteiger partial charge in [0.2, 0.25) is 12.0 Å². The van der Waals surface area contributed by atoms with E-state index in [0.29, 0.717) is 28.5 Å². The number of anilines is 1. The molecule has 0 N–H and O–H groups in total. The average Bonchev–Trinajstić information content (AvgIpc) is 3.33. The van der Waals surface area contributed by atoms with Crippen molar-refractivity contribution in [3.05, 3.63) is 66.2 Å². The van der Waals surface area contributed by atoms with Crippen LogP contribution in [0.3, 0.4) is 0 Å². The number of hydrogen-bond acceptors (Lipinski definition) is 6. The van der Waals surface area contributed by atoms with Gasteiger partial charge in [-0.3, -0.25) is 9.59 Å². The van der Waals surface area contributed by atoms with Gasteiger partial charge in [-0.25, -0.2) is 4.90 Å². The van der Waals surface area contributed by atoms with Crippen LogP contribution in [0.1, 0.15) is 5.56 Å². The molecular weight excluding hydrogens is 384 g/mol. The zero-order valence-electron chi connectivity index (χ0n) is 16.4. The highest BCUT2D eigenvalue weighted by molar-refractivity contribution is 6.32. The molecule has 2 heterocycles. The number of ether oxygens (including phenoxy) is 2. The lowest BCUT2D eigenvalue weighted by molar-refractivity contribution is -0.126. The molecule has 1 fully saturated rings. The zero-order chi connectivity index (χ0) is 20.8. The van der Waals surface area contributed by atoms with Gasteiger partial charge in [0.15, 0.2) is 11.5 Å². The Labute approximate surface area is 172 Å². The van der Waals surface area contributed by atoms with Crippen molar-refractivity contribution < 1.29 is 23.9 Å². The maximum absolute atomic E-state index is 13.3. The quantitative estimate of drug-likeness (QED) is 0.627. The van der Waals surface area contributed by atoms with Gasteiger partial charge in [0.05, 0.1) is 19.9 Å². The van der Waals surface area contributed by atoms with Crippen molar-refractivity contribution >= 4 is 34.0 Å². The lowest BCUT2D eigenvalue weighted by Gasteiger charge is -2.16. The topological polar surface area (TPSA) is 77.4 Å². The maximum atomic E-state index is 13.3. The number of carbonyl (C=O) groups excluding carboxylic acids is 2. The van der Waals surface area contributed by atoms with Gasteiger partial charge in [-0.2, -0.15) is 0 Å². The van der Waals surface area contributed by atoms with E-state index in [1.807, 2.05) is 36.4 Å². The molecule has 1 saturated heterocycles. The van der Waals surface area contributed by atoms with E-state index in [0.717, 1.165) is 10.8 Å². The summed E-state index contributed by atoms with van der Waals surface area (Å²) < 4.78 is 10.6. The summed E-state index contributed by atoms with van der Waals surface area (Å²) in [6.07, 6.45) is -0.966. The Bertz CT molecular complexity index is 1220. The van der Waals surface area contributed by atoms with Crippen LogP contribution >= 0.6 is 0 Å². The van der Waals surface area contributed by atoms with Gasteiger partial charge in [0, 0.05) is 5.56 Å². The lowest BCUT2D eigenvalue weighted by Crippen LogP contribution is -2.33. The number of carbonyl (C=O) groups is 2. The first-order chi connectivity index (χ1) is 14.6. The molecule has 30 heavy (non-hydrogen) atoms. The first kappa shape index (κ1) is 18.2. The van der Waals surface area contributed by atoms with Crippen molar-refractivity contribution in [3.8, 4) is 11.5 Å². The molecule has 7 nitrogen and oxygen atoms in total. The van der Waals surface area contributed by atoms with Crippen LogP contribution in [0.25, 0.3) is 10.8 Å². The Morgan fingerprint density at radius 2 is 1.63 bits per heavy atom. The number of imide groups is 1. The summed E-state index contributed by atoms with van der Waals surface area (Å²) in [5.41, 5.74) is 1.57. The second-order valence-electron chi connectivity index (χ2n) is 7.09. The van der Waals surface area contributed by atoms with Gasteiger partial charge in [-0.05, 0) is 41.1 Å². The highest BCUT2D eigenvalue weighted by atomic mass is 16.7. The Morgan fingerprint density at radius 1 is 0.867 bits per heavy atom. The smallest absolute Gasteiger partial charge is 0.278 e. The van der Waals surface area contributed by atoms with Crippen LogP contribution in [0.2, 0.25) is 0 Å². The van der Waals surface area contributed by atoms with Crippen molar-refractivity contribution in [2.75, 3.05) is 19.1 Å². The molecule has 0 unspecified atom stereocenters. The summed E-state index contributed by atoms with van der Waals surface area (Å²) in [6, 6.07) is 18.5. The van der Waals surface area contributed by atoms with E-state index in [4.69, 9.17) is 14.3 Å². The molecule has 2 atom stereocenters. The number of oxime groups is 1. The Hall–Kier alpha value is -3.87. The fourth-order valence-electron chi connectivity index (χ4n) is 3.98. The van der Waals surface area contributed by atoms with Crippen LogP contribution < -0.4 is 14.4 Å². The molecule has 3 aromatic rings. The van der Waals surface area contributed by atoms with Crippen LogP contribution in [0.5, 0.6) is 11.5 Å². The van der Waals surface area contributed by atoms with Crippen LogP contribution in [-0.4, -0.2) is 37.8 Å². The minimum atomic E-state index is -0.966. The predicted molar refractivity (Wildman–Crippen MR) is 111 cm³/mol. The van der Waals surface area contributed by atoms with Gasteiger partial charge < -0.3 is 14.3 Å². The molecular formula is C23H18N2O5. The minimum Gasteiger partial charge on any atom is -0.493 e. The SMILES string of the molecule is COc1ccc(C2=NO[C@H]3C(=O)N(c4ccc5ccccc5c4)C(=O)[C@H]23)cc1OC. The second-order valence-corrected chi connectivity index (χ2v) is 7.09. The van der Waals surface area contributed by atoms with E-state index in [9.17, 15) is 9.59 Å². The predicted octanol–water partition coefficient (Wildman–Crippen LogP) is 3.15.